The molecule has 4 rings (SSSR count). The maximum Gasteiger partial charge on any atom is 0.381 e. The fraction of sp³-hybridized carbons (Fsp3) is 0.261. The smallest absolute Gasteiger partial charge is 0.381 e. The van der Waals surface area contributed by atoms with Crippen molar-refractivity contribution in [3.8, 4) is 10.9 Å². The molecule has 0 saturated carbocycles. The standard InChI is InChI=1S/C23H24N6O5S/c1-14-9-10-24-29(14)23-28-27-22(35-23)26-20(30)18-12-17(19(33-3)21(31)34-18)25-16(13-32-2)11-15-7-5-4-6-8-15/h4-10,12,16,25H,11,13H2,1-3H3,(H,26,27,30)/t16-/m0/s1. The van der Waals surface area contributed by atoms with Crippen LogP contribution in [0.3, 0.4) is 0 Å². The van der Waals surface area contributed by atoms with Gasteiger partial charge in [-0.25, -0.2) is 9.48 Å². The maximum atomic E-state index is 12.9. The molecule has 0 aliphatic carbocycles. The zero-order valence-electron chi connectivity index (χ0n) is 19.3. The van der Waals surface area contributed by atoms with Gasteiger partial charge in [0.1, 0.15) is 0 Å². The van der Waals surface area contributed by atoms with Crippen LogP contribution in [-0.4, -0.2) is 52.8 Å². The number of nitrogens with zero attached hydrogens (tertiary/aromatic N) is 4. The minimum absolute atomic E-state index is 0.0388. The van der Waals surface area contributed by atoms with E-state index in [2.05, 4.69) is 25.9 Å². The number of methoxy groups -OCH3 is 2. The Bertz CT molecular complexity index is 1350. The number of amides is 1. The molecule has 0 fully saturated rings. The Kier molecular flexibility index (Phi) is 7.53. The van der Waals surface area contributed by atoms with Crippen molar-refractivity contribution in [1.29, 1.82) is 0 Å². The van der Waals surface area contributed by atoms with E-state index in [9.17, 15) is 9.59 Å². The van der Waals surface area contributed by atoms with Gasteiger partial charge in [0.25, 0.3) is 5.91 Å². The van der Waals surface area contributed by atoms with Gasteiger partial charge >= 0.3 is 5.63 Å². The lowest BCUT2D eigenvalue weighted by Crippen LogP contribution is -2.29. The van der Waals surface area contributed by atoms with Crippen LogP contribution in [0.1, 0.15) is 21.8 Å². The van der Waals surface area contributed by atoms with Gasteiger partial charge in [0.05, 0.1) is 25.4 Å². The topological polar surface area (TPSA) is 133 Å². The number of rotatable bonds is 10. The molecule has 4 aromatic rings. The molecule has 3 aromatic heterocycles. The van der Waals surface area contributed by atoms with E-state index in [4.69, 9.17) is 13.9 Å². The van der Waals surface area contributed by atoms with Crippen molar-refractivity contribution in [2.24, 2.45) is 0 Å². The Balaban J connectivity index is 1.55. The molecule has 182 valence electrons. The molecule has 2 N–H and O–H groups in total. The fourth-order valence-corrected chi connectivity index (χ4v) is 4.20. The number of aryl methyl sites for hydroxylation is 1. The van der Waals surface area contributed by atoms with E-state index >= 15 is 0 Å². The molecule has 12 heteroatoms. The summed E-state index contributed by atoms with van der Waals surface area (Å²) in [6.45, 7) is 2.24. The molecule has 1 amide bonds. The van der Waals surface area contributed by atoms with Crippen molar-refractivity contribution in [2.45, 2.75) is 19.4 Å². The van der Waals surface area contributed by atoms with E-state index in [1.54, 1.807) is 18.0 Å². The Morgan fingerprint density at radius 3 is 2.69 bits per heavy atom. The molecule has 11 nitrogen and oxygen atoms in total. The van der Waals surface area contributed by atoms with E-state index in [0.717, 1.165) is 22.6 Å². The van der Waals surface area contributed by atoms with Gasteiger partial charge in [-0.3, -0.25) is 10.1 Å². The van der Waals surface area contributed by atoms with Crippen LogP contribution in [0, 0.1) is 6.92 Å². The van der Waals surface area contributed by atoms with E-state index in [-0.39, 0.29) is 22.7 Å². The highest BCUT2D eigenvalue weighted by atomic mass is 32.1. The van der Waals surface area contributed by atoms with Crippen molar-refractivity contribution >= 4 is 28.1 Å². The van der Waals surface area contributed by atoms with Gasteiger partial charge in [-0.1, -0.05) is 41.7 Å². The monoisotopic (exact) mass is 496 g/mol. The second kappa shape index (κ2) is 10.9. The lowest BCUT2D eigenvalue weighted by Gasteiger charge is -2.20. The molecular formula is C23H24N6O5S. The molecule has 0 saturated heterocycles. The molecule has 0 spiro atoms. The van der Waals surface area contributed by atoms with Crippen molar-refractivity contribution in [1.82, 2.24) is 20.0 Å². The summed E-state index contributed by atoms with van der Waals surface area (Å²) in [5, 5.41) is 18.8. The average molecular weight is 497 g/mol. The largest absolute Gasteiger partial charge is 0.488 e. The Morgan fingerprint density at radius 2 is 2.00 bits per heavy atom. The van der Waals surface area contributed by atoms with Crippen molar-refractivity contribution in [3.05, 3.63) is 76.1 Å². The van der Waals surface area contributed by atoms with Gasteiger partial charge in [0.15, 0.2) is 5.76 Å². The highest BCUT2D eigenvalue weighted by Gasteiger charge is 2.21. The van der Waals surface area contributed by atoms with Crippen LogP contribution in [0.15, 0.2) is 57.9 Å². The van der Waals surface area contributed by atoms with Crippen LogP contribution in [-0.2, 0) is 11.2 Å². The Labute approximate surface area is 204 Å². The quantitative estimate of drug-likeness (QED) is 0.340. The van der Waals surface area contributed by atoms with Crippen LogP contribution in [0.5, 0.6) is 5.75 Å². The van der Waals surface area contributed by atoms with Crippen LogP contribution >= 0.6 is 11.3 Å². The van der Waals surface area contributed by atoms with E-state index in [1.165, 1.54) is 13.2 Å². The third kappa shape index (κ3) is 5.73. The van der Waals surface area contributed by atoms with Crippen LogP contribution in [0.25, 0.3) is 5.13 Å². The second-order valence-corrected chi connectivity index (χ2v) is 8.52. The summed E-state index contributed by atoms with van der Waals surface area (Å²) >= 11 is 1.13. The minimum Gasteiger partial charge on any atom is -0.488 e. The summed E-state index contributed by atoms with van der Waals surface area (Å²) in [4.78, 5) is 25.4. The summed E-state index contributed by atoms with van der Waals surface area (Å²) in [6.07, 6.45) is 2.27. The summed E-state index contributed by atoms with van der Waals surface area (Å²) in [5.74, 6) is -0.900. The predicted octanol–water partition coefficient (Wildman–Crippen LogP) is 2.92. The van der Waals surface area contributed by atoms with Gasteiger partial charge in [0.2, 0.25) is 16.0 Å². The summed E-state index contributed by atoms with van der Waals surface area (Å²) in [5.41, 5.74) is 1.49. The molecular weight excluding hydrogens is 472 g/mol. The van der Waals surface area contributed by atoms with E-state index < -0.39 is 11.5 Å². The first-order chi connectivity index (χ1) is 17.0. The summed E-state index contributed by atoms with van der Waals surface area (Å²) in [6, 6.07) is 12.9. The third-order valence-corrected chi connectivity index (χ3v) is 5.85. The number of hydrogen-bond donors (Lipinski definition) is 2. The van der Waals surface area contributed by atoms with Crippen LogP contribution < -0.4 is 21.0 Å². The van der Waals surface area contributed by atoms with Crippen LogP contribution in [0.2, 0.25) is 0 Å². The summed E-state index contributed by atoms with van der Waals surface area (Å²) < 4.78 is 17.4. The molecule has 35 heavy (non-hydrogen) atoms. The average Bonchev–Trinajstić information content (AvgIpc) is 3.48. The zero-order chi connectivity index (χ0) is 24.8. The number of aromatic nitrogens is 4. The number of carbonyl (C=O) groups is 1. The van der Waals surface area contributed by atoms with Crippen molar-refractivity contribution in [3.63, 3.8) is 0 Å². The predicted molar refractivity (Wildman–Crippen MR) is 131 cm³/mol. The van der Waals surface area contributed by atoms with E-state index in [1.807, 2.05) is 43.3 Å². The molecule has 0 radical (unpaired) electrons. The molecule has 1 aromatic carbocycles. The van der Waals surface area contributed by atoms with Crippen molar-refractivity contribution < 1.29 is 18.7 Å². The fourth-order valence-electron chi connectivity index (χ4n) is 3.45. The molecule has 1 atom stereocenters. The molecule has 3 heterocycles. The zero-order valence-corrected chi connectivity index (χ0v) is 20.2. The van der Waals surface area contributed by atoms with Gasteiger partial charge in [-0.2, -0.15) is 5.10 Å². The molecule has 0 unspecified atom stereocenters. The minimum atomic E-state index is -0.788. The van der Waals surface area contributed by atoms with Gasteiger partial charge in [0, 0.05) is 25.1 Å². The third-order valence-electron chi connectivity index (χ3n) is 5.04. The number of anilines is 2. The van der Waals surface area contributed by atoms with Crippen molar-refractivity contribution in [2.75, 3.05) is 31.5 Å². The number of carbonyl (C=O) groups excluding carboxylic acids is 1. The highest BCUT2D eigenvalue weighted by Crippen LogP contribution is 2.25. The second-order valence-electron chi connectivity index (χ2n) is 7.56. The molecule has 0 aliphatic rings. The first-order valence-corrected chi connectivity index (χ1v) is 11.5. The number of benzene rings is 1. The summed E-state index contributed by atoms with van der Waals surface area (Å²) in [7, 11) is 2.95. The first kappa shape index (κ1) is 24.1. The van der Waals surface area contributed by atoms with Gasteiger partial charge in [-0.05, 0) is 25.0 Å². The number of hydrogen-bond acceptors (Lipinski definition) is 10. The Morgan fingerprint density at radius 1 is 1.20 bits per heavy atom. The van der Waals surface area contributed by atoms with Gasteiger partial charge in [-0.15, -0.1) is 10.2 Å². The van der Waals surface area contributed by atoms with Crippen LogP contribution in [0.4, 0.5) is 10.8 Å². The lowest BCUT2D eigenvalue weighted by atomic mass is 10.1. The Hall–Kier alpha value is -4.03. The highest BCUT2D eigenvalue weighted by molar-refractivity contribution is 7.17. The molecule has 0 bridgehead atoms. The SMILES string of the molecule is COC[C@H](Cc1ccccc1)Nc1cc(C(=O)Nc2nnc(-n3nccc3C)s2)oc(=O)c1OC. The van der Waals surface area contributed by atoms with Gasteiger partial charge < -0.3 is 19.2 Å². The first-order valence-electron chi connectivity index (χ1n) is 10.7. The lowest BCUT2D eigenvalue weighted by molar-refractivity contribution is 0.0991. The number of ether oxygens (including phenoxy) is 2. The molecule has 0 aliphatic heterocycles. The number of nitrogens with one attached hydrogen (secondary N) is 2. The van der Waals surface area contributed by atoms with E-state index in [0.29, 0.717) is 23.8 Å². The maximum absolute atomic E-state index is 12.9. The normalized spacial score (nSPS) is 11.7.